The SMILES string of the molecule is O.O.O.[Au].[Cu].[Fe].[Fe]. The Morgan fingerprint density at radius 3 is 0.571 bits per heavy atom. The summed E-state index contributed by atoms with van der Waals surface area (Å²) in [7, 11) is 0. The summed E-state index contributed by atoms with van der Waals surface area (Å²) in [6.07, 6.45) is 0. The zero-order valence-electron chi connectivity index (χ0n) is 2.81. The van der Waals surface area contributed by atoms with Gasteiger partial charge in [0, 0.05) is 73.6 Å². The van der Waals surface area contributed by atoms with Crippen molar-refractivity contribution in [2.24, 2.45) is 0 Å². The van der Waals surface area contributed by atoms with E-state index in [0.717, 1.165) is 0 Å². The second-order valence-corrected chi connectivity index (χ2v) is 0. The molecule has 0 aromatic carbocycles. The van der Waals surface area contributed by atoms with E-state index in [4.69, 9.17) is 0 Å². The van der Waals surface area contributed by atoms with Crippen molar-refractivity contribution in [3.05, 3.63) is 0 Å². The van der Waals surface area contributed by atoms with Crippen LogP contribution in [0.4, 0.5) is 0 Å². The van der Waals surface area contributed by atoms with Gasteiger partial charge in [-0.05, 0) is 0 Å². The van der Waals surface area contributed by atoms with Crippen LogP contribution in [0.1, 0.15) is 0 Å². The summed E-state index contributed by atoms with van der Waals surface area (Å²) in [6.45, 7) is 0. The van der Waals surface area contributed by atoms with Crippen LogP contribution in [0, 0.1) is 0 Å². The molecule has 0 heterocycles. The molecule has 0 saturated heterocycles. The summed E-state index contributed by atoms with van der Waals surface area (Å²) in [5.41, 5.74) is 0. The Morgan fingerprint density at radius 1 is 0.571 bits per heavy atom. The van der Waals surface area contributed by atoms with Crippen LogP contribution < -0.4 is 0 Å². The maximum atomic E-state index is 0. The van der Waals surface area contributed by atoms with Gasteiger partial charge < -0.3 is 16.4 Å². The molecular formula is H6AuCuFe2O3. The van der Waals surface area contributed by atoms with Gasteiger partial charge in [0.05, 0.1) is 0 Å². The molecule has 6 N–H and O–H groups in total. The van der Waals surface area contributed by atoms with E-state index in [9.17, 15) is 0 Å². The van der Waals surface area contributed by atoms with E-state index < -0.39 is 0 Å². The third-order valence-corrected chi connectivity index (χ3v) is 0. The van der Waals surface area contributed by atoms with Crippen molar-refractivity contribution in [2.75, 3.05) is 0 Å². The van der Waals surface area contributed by atoms with E-state index in [2.05, 4.69) is 0 Å². The molecule has 0 aliphatic rings. The molecule has 0 rings (SSSR count). The molecule has 0 saturated carbocycles. The van der Waals surface area contributed by atoms with Crippen LogP contribution in [0.15, 0.2) is 0 Å². The van der Waals surface area contributed by atoms with Crippen LogP contribution in [0.2, 0.25) is 0 Å². The molecule has 0 aromatic rings. The fraction of sp³-hybridized carbons (Fsp3) is 0. The van der Waals surface area contributed by atoms with Gasteiger partial charge in [0.25, 0.3) is 0 Å². The fourth-order valence-electron chi connectivity index (χ4n) is 0. The summed E-state index contributed by atoms with van der Waals surface area (Å²) in [5.74, 6) is 0. The van der Waals surface area contributed by atoms with E-state index >= 15 is 0 Å². The zero-order valence-corrected chi connectivity index (χ0v) is 8.13. The topological polar surface area (TPSA) is 94.5 Å². The minimum Gasteiger partial charge on any atom is -0.412 e. The van der Waals surface area contributed by atoms with Crippen molar-refractivity contribution in [1.29, 1.82) is 0 Å². The molecule has 3 nitrogen and oxygen atoms in total. The van der Waals surface area contributed by atoms with E-state index in [1.165, 1.54) is 0 Å². The average Bonchev–Trinajstić information content (AvgIpc) is 0. The van der Waals surface area contributed by atoms with Crippen molar-refractivity contribution in [1.82, 2.24) is 0 Å². The Labute approximate surface area is 89.2 Å². The second kappa shape index (κ2) is 88.8. The van der Waals surface area contributed by atoms with Gasteiger partial charge in [-0.1, -0.05) is 0 Å². The Kier molecular flexibility index (Phi) is 1640. The summed E-state index contributed by atoms with van der Waals surface area (Å²) in [5, 5.41) is 0. The minimum atomic E-state index is 0. The first kappa shape index (κ1) is 129. The predicted molar refractivity (Wildman–Crippen MR) is 10.8 cm³/mol. The largest absolute Gasteiger partial charge is 0.412 e. The van der Waals surface area contributed by atoms with Gasteiger partial charge in [-0.25, -0.2) is 0 Å². The molecule has 62 valence electrons. The Balaban J connectivity index is 0. The van der Waals surface area contributed by atoms with Crippen LogP contribution in [0.5, 0.6) is 0 Å². The molecule has 0 aliphatic heterocycles. The molecule has 0 spiro atoms. The van der Waals surface area contributed by atoms with Crippen LogP contribution in [0.3, 0.4) is 0 Å². The maximum Gasteiger partial charge on any atom is 0 e. The predicted octanol–water partition coefficient (Wildman–Crippen LogP) is -2.48. The van der Waals surface area contributed by atoms with Gasteiger partial charge in [-0.15, -0.1) is 0 Å². The van der Waals surface area contributed by atoms with Crippen molar-refractivity contribution in [2.45, 2.75) is 0 Å². The zero-order chi connectivity index (χ0) is 0. The summed E-state index contributed by atoms with van der Waals surface area (Å²) >= 11 is 0. The fourth-order valence-corrected chi connectivity index (χ4v) is 0. The monoisotopic (exact) mass is 426 g/mol. The van der Waals surface area contributed by atoms with Gasteiger partial charge in [-0.2, -0.15) is 0 Å². The molecule has 0 aliphatic carbocycles. The molecule has 7 heavy (non-hydrogen) atoms. The first-order valence-electron chi connectivity index (χ1n) is 0. The molecule has 0 aromatic heterocycles. The minimum absolute atomic E-state index is 0. The Morgan fingerprint density at radius 2 is 0.571 bits per heavy atom. The molecule has 0 unspecified atom stereocenters. The third-order valence-electron chi connectivity index (χ3n) is 0. The van der Waals surface area contributed by atoms with Gasteiger partial charge >= 0.3 is 0 Å². The summed E-state index contributed by atoms with van der Waals surface area (Å²) in [4.78, 5) is 0. The van der Waals surface area contributed by atoms with Crippen molar-refractivity contribution in [3.8, 4) is 0 Å². The van der Waals surface area contributed by atoms with E-state index in [-0.39, 0.29) is 90.0 Å². The number of hydrogen-bond donors (Lipinski definition) is 0. The van der Waals surface area contributed by atoms with Gasteiger partial charge in [0.15, 0.2) is 0 Å². The molecule has 0 amide bonds. The van der Waals surface area contributed by atoms with Gasteiger partial charge in [0.1, 0.15) is 0 Å². The van der Waals surface area contributed by atoms with E-state index in [0.29, 0.717) is 0 Å². The van der Waals surface area contributed by atoms with E-state index in [1.807, 2.05) is 0 Å². The second-order valence-electron chi connectivity index (χ2n) is 0. The van der Waals surface area contributed by atoms with Crippen molar-refractivity contribution in [3.63, 3.8) is 0 Å². The molecular weight excluding hydrogens is 420 g/mol. The number of hydrogen-bond acceptors (Lipinski definition) is 0. The molecule has 0 atom stereocenters. The number of rotatable bonds is 0. The van der Waals surface area contributed by atoms with E-state index in [1.54, 1.807) is 0 Å². The Hall–Kier alpha value is 2.18. The van der Waals surface area contributed by atoms with Gasteiger partial charge in [-0.3, -0.25) is 0 Å². The van der Waals surface area contributed by atoms with Gasteiger partial charge in [0.2, 0.25) is 0 Å². The molecule has 7 heteroatoms. The quantitative estimate of drug-likeness (QED) is 0.384. The third kappa shape index (κ3) is 65.8. The summed E-state index contributed by atoms with van der Waals surface area (Å²) in [6, 6.07) is 0. The van der Waals surface area contributed by atoms with Crippen LogP contribution in [-0.2, 0) is 73.6 Å². The van der Waals surface area contributed by atoms with Crippen molar-refractivity contribution >= 4 is 0 Å². The normalized spacial score (nSPS) is 0. The van der Waals surface area contributed by atoms with Crippen molar-refractivity contribution < 1.29 is 90.0 Å². The van der Waals surface area contributed by atoms with Crippen LogP contribution in [0.25, 0.3) is 0 Å². The first-order valence-corrected chi connectivity index (χ1v) is 0. The average molecular weight is 426 g/mol. The summed E-state index contributed by atoms with van der Waals surface area (Å²) < 4.78 is 0. The standard InChI is InChI=1S/Au.Cu.2Fe.3H2O/h;;;;3*1H2. The molecule has 0 bridgehead atoms. The van der Waals surface area contributed by atoms with Crippen LogP contribution >= 0.6 is 0 Å². The molecule has 2 radical (unpaired) electrons. The van der Waals surface area contributed by atoms with Crippen LogP contribution in [-0.4, -0.2) is 16.4 Å². The first-order chi connectivity index (χ1) is 0. The smallest absolute Gasteiger partial charge is 0 e. The molecule has 0 fully saturated rings. The maximum absolute atomic E-state index is 0. The Bertz CT molecular complexity index is 12.9.